The van der Waals surface area contributed by atoms with Crippen molar-refractivity contribution < 1.29 is 13.2 Å². The molecule has 2 fully saturated rings. The molecule has 2 aliphatic heterocycles. The van der Waals surface area contributed by atoms with Crippen LogP contribution >= 0.6 is 22.9 Å². The van der Waals surface area contributed by atoms with E-state index >= 15 is 0 Å². The van der Waals surface area contributed by atoms with E-state index in [0.29, 0.717) is 32.8 Å². The lowest BCUT2D eigenvalue weighted by atomic mass is 10.00. The first-order valence-electron chi connectivity index (χ1n) is 9.62. The number of sulfonamides is 1. The van der Waals surface area contributed by atoms with Crippen LogP contribution in [0.3, 0.4) is 0 Å². The van der Waals surface area contributed by atoms with Crippen molar-refractivity contribution >= 4 is 49.0 Å². The first-order chi connectivity index (χ1) is 13.6. The first kappa shape index (κ1) is 21.2. The molecule has 2 saturated heterocycles. The van der Waals surface area contributed by atoms with E-state index in [0.717, 1.165) is 35.7 Å². The quantitative estimate of drug-likeness (QED) is 0.647. The second-order valence-corrected chi connectivity index (χ2v) is 11.6. The molecule has 0 atom stereocenters. The van der Waals surface area contributed by atoms with Gasteiger partial charge in [-0.3, -0.25) is 4.90 Å². The molecule has 2 aliphatic rings. The van der Waals surface area contributed by atoms with Crippen LogP contribution in [0, 0.1) is 0 Å². The Labute approximate surface area is 180 Å². The monoisotopic (exact) mass is 459 g/mol. The first-order valence-corrected chi connectivity index (χ1v) is 12.7. The highest BCUT2D eigenvalue weighted by Gasteiger charge is 2.37. The standard InChI is InChI=1S/C18H26ClN5O3S2/c1-18(2)12-24(29(3,25)26)5-4-23(18)11-13-10-14-15(28-13)16(21-17(19)20-14)22-6-8-27-9-7-22/h10H,4-9,11-12H2,1-3H3. The Morgan fingerprint density at radius 3 is 2.59 bits per heavy atom. The third-order valence-corrected chi connectivity index (χ3v) is 8.07. The third-order valence-electron chi connectivity index (χ3n) is 5.54. The van der Waals surface area contributed by atoms with E-state index in [1.807, 2.05) is 0 Å². The molecule has 0 spiro atoms. The van der Waals surface area contributed by atoms with Crippen molar-refractivity contribution in [2.75, 3.05) is 57.1 Å². The second kappa shape index (κ2) is 7.90. The van der Waals surface area contributed by atoms with E-state index < -0.39 is 10.0 Å². The summed E-state index contributed by atoms with van der Waals surface area (Å²) in [5.74, 6) is 0.876. The molecule has 0 N–H and O–H groups in total. The van der Waals surface area contributed by atoms with Crippen molar-refractivity contribution in [2.45, 2.75) is 25.9 Å². The number of hydrogen-bond acceptors (Lipinski definition) is 8. The Balaban J connectivity index is 1.59. The fourth-order valence-electron chi connectivity index (χ4n) is 3.91. The molecule has 4 rings (SSSR count). The van der Waals surface area contributed by atoms with Gasteiger partial charge in [-0.1, -0.05) is 0 Å². The van der Waals surface area contributed by atoms with Crippen LogP contribution in [0.15, 0.2) is 6.07 Å². The number of fused-ring (bicyclic) bond motifs is 1. The summed E-state index contributed by atoms with van der Waals surface area (Å²) in [5, 5.41) is 0.255. The molecule has 4 heterocycles. The van der Waals surface area contributed by atoms with Crippen molar-refractivity contribution in [3.05, 3.63) is 16.2 Å². The zero-order valence-corrected chi connectivity index (χ0v) is 19.3. The van der Waals surface area contributed by atoms with E-state index in [1.54, 1.807) is 15.6 Å². The van der Waals surface area contributed by atoms with E-state index in [-0.39, 0.29) is 10.8 Å². The largest absolute Gasteiger partial charge is 0.378 e. The Bertz CT molecular complexity index is 1000. The van der Waals surface area contributed by atoms with Gasteiger partial charge in [0.05, 0.1) is 29.7 Å². The van der Waals surface area contributed by atoms with Gasteiger partial charge in [0.25, 0.3) is 0 Å². The van der Waals surface area contributed by atoms with Gasteiger partial charge in [0.1, 0.15) is 0 Å². The van der Waals surface area contributed by atoms with Crippen LogP contribution < -0.4 is 4.90 Å². The molecule has 2 aromatic rings. The number of nitrogens with zero attached hydrogens (tertiary/aromatic N) is 5. The van der Waals surface area contributed by atoms with Crippen LogP contribution in [0.25, 0.3) is 10.2 Å². The van der Waals surface area contributed by atoms with Crippen LogP contribution in [0.4, 0.5) is 5.82 Å². The van der Waals surface area contributed by atoms with Gasteiger partial charge in [-0.05, 0) is 31.5 Å². The molecule has 160 valence electrons. The molecular formula is C18H26ClN5O3S2. The number of hydrogen-bond donors (Lipinski definition) is 0. The topological polar surface area (TPSA) is 78.9 Å². The highest BCUT2D eigenvalue weighted by Crippen LogP contribution is 2.35. The summed E-state index contributed by atoms with van der Waals surface area (Å²) in [5.41, 5.74) is 0.604. The molecule has 29 heavy (non-hydrogen) atoms. The Kier molecular flexibility index (Phi) is 5.77. The second-order valence-electron chi connectivity index (χ2n) is 8.17. The molecule has 0 radical (unpaired) electrons. The number of aromatic nitrogens is 2. The zero-order valence-electron chi connectivity index (χ0n) is 16.9. The number of anilines is 1. The van der Waals surface area contributed by atoms with Crippen molar-refractivity contribution in [3.63, 3.8) is 0 Å². The van der Waals surface area contributed by atoms with Gasteiger partial charge in [-0.25, -0.2) is 13.4 Å². The lowest BCUT2D eigenvalue weighted by Crippen LogP contribution is -2.59. The lowest BCUT2D eigenvalue weighted by Gasteiger charge is -2.46. The van der Waals surface area contributed by atoms with Crippen LogP contribution in [0.5, 0.6) is 0 Å². The molecule has 0 aliphatic carbocycles. The average molecular weight is 460 g/mol. The fraction of sp³-hybridized carbons (Fsp3) is 0.667. The van der Waals surface area contributed by atoms with Gasteiger partial charge in [0.2, 0.25) is 15.3 Å². The number of ether oxygens (including phenoxy) is 1. The van der Waals surface area contributed by atoms with Gasteiger partial charge in [-0.2, -0.15) is 9.29 Å². The smallest absolute Gasteiger partial charge is 0.224 e. The summed E-state index contributed by atoms with van der Waals surface area (Å²) in [7, 11) is -3.18. The maximum atomic E-state index is 11.9. The van der Waals surface area contributed by atoms with Gasteiger partial charge in [0, 0.05) is 49.7 Å². The Hall–Kier alpha value is -1.04. The summed E-state index contributed by atoms with van der Waals surface area (Å²) in [4.78, 5) is 14.6. The van der Waals surface area contributed by atoms with Gasteiger partial charge in [0.15, 0.2) is 5.82 Å². The van der Waals surface area contributed by atoms with E-state index in [2.05, 4.69) is 39.7 Å². The van der Waals surface area contributed by atoms with Crippen molar-refractivity contribution in [2.24, 2.45) is 0 Å². The Morgan fingerprint density at radius 1 is 1.21 bits per heavy atom. The number of halogens is 1. The summed E-state index contributed by atoms with van der Waals surface area (Å²) in [6, 6.07) is 2.08. The Morgan fingerprint density at radius 2 is 1.93 bits per heavy atom. The maximum absolute atomic E-state index is 11.9. The highest BCUT2D eigenvalue weighted by molar-refractivity contribution is 7.88. The molecule has 0 bridgehead atoms. The minimum absolute atomic E-state index is 0.255. The fourth-order valence-corrected chi connectivity index (χ4v) is 6.18. The number of rotatable bonds is 4. The number of piperazine rings is 1. The molecule has 8 nitrogen and oxygen atoms in total. The lowest BCUT2D eigenvalue weighted by molar-refractivity contribution is 0.0485. The molecule has 2 aromatic heterocycles. The average Bonchev–Trinajstić information content (AvgIpc) is 3.04. The van der Waals surface area contributed by atoms with Crippen LogP contribution in [-0.2, 0) is 21.3 Å². The van der Waals surface area contributed by atoms with Crippen LogP contribution in [0.2, 0.25) is 5.28 Å². The SMILES string of the molecule is CC1(C)CN(S(C)(=O)=O)CCN1Cc1cc2nc(Cl)nc(N3CCOCC3)c2s1. The molecule has 0 saturated carbocycles. The van der Waals surface area contributed by atoms with E-state index in [4.69, 9.17) is 16.3 Å². The number of thiophene rings is 1. The van der Waals surface area contributed by atoms with Crippen molar-refractivity contribution in [3.8, 4) is 0 Å². The van der Waals surface area contributed by atoms with Crippen molar-refractivity contribution in [1.29, 1.82) is 0 Å². The normalized spacial score (nSPS) is 21.7. The van der Waals surface area contributed by atoms with Gasteiger partial charge >= 0.3 is 0 Å². The van der Waals surface area contributed by atoms with Crippen LogP contribution in [-0.4, -0.2) is 85.3 Å². The predicted octanol–water partition coefficient (Wildman–Crippen LogP) is 2.04. The molecule has 0 unspecified atom stereocenters. The van der Waals surface area contributed by atoms with E-state index in [9.17, 15) is 8.42 Å². The van der Waals surface area contributed by atoms with E-state index in [1.165, 1.54) is 11.1 Å². The molecular weight excluding hydrogens is 434 g/mol. The summed E-state index contributed by atoms with van der Waals surface area (Å²) in [6.45, 7) is 9.55. The summed E-state index contributed by atoms with van der Waals surface area (Å²) >= 11 is 7.89. The highest BCUT2D eigenvalue weighted by atomic mass is 35.5. The maximum Gasteiger partial charge on any atom is 0.224 e. The molecule has 0 amide bonds. The van der Waals surface area contributed by atoms with Gasteiger partial charge < -0.3 is 9.64 Å². The molecule has 0 aromatic carbocycles. The summed E-state index contributed by atoms with van der Waals surface area (Å²) in [6.07, 6.45) is 1.28. The third kappa shape index (κ3) is 4.52. The van der Waals surface area contributed by atoms with Gasteiger partial charge in [-0.15, -0.1) is 11.3 Å². The minimum Gasteiger partial charge on any atom is -0.378 e. The molecule has 11 heteroatoms. The zero-order chi connectivity index (χ0) is 20.8. The minimum atomic E-state index is -3.18. The van der Waals surface area contributed by atoms with Crippen molar-refractivity contribution in [1.82, 2.24) is 19.2 Å². The number of morpholine rings is 1. The van der Waals surface area contributed by atoms with Crippen LogP contribution in [0.1, 0.15) is 18.7 Å². The summed E-state index contributed by atoms with van der Waals surface area (Å²) < 4.78 is 32.0. The predicted molar refractivity (Wildman–Crippen MR) is 116 cm³/mol.